The molecule has 0 aromatic heterocycles. The first kappa shape index (κ1) is 14.2. The molecule has 0 aliphatic heterocycles. The molecule has 1 N–H and O–H groups in total. The highest BCUT2D eigenvalue weighted by Crippen LogP contribution is 2.19. The van der Waals surface area contributed by atoms with Gasteiger partial charge in [-0.15, -0.1) is 0 Å². The van der Waals surface area contributed by atoms with Crippen molar-refractivity contribution in [3.05, 3.63) is 42.1 Å². The van der Waals surface area contributed by atoms with E-state index in [0.717, 1.165) is 5.70 Å². The minimum atomic E-state index is 0. The van der Waals surface area contributed by atoms with Crippen LogP contribution in [-0.4, -0.2) is 29.9 Å². The molecule has 1 rings (SSSR count). The third-order valence-electron chi connectivity index (χ3n) is 2.25. The molecule has 0 bridgehead atoms. The number of hydrogen-bond acceptors (Lipinski definition) is 2. The molecule has 0 heterocycles. The van der Waals surface area contributed by atoms with Crippen molar-refractivity contribution in [1.29, 1.82) is 0 Å². The third kappa shape index (κ3) is 2.86. The Morgan fingerprint density at radius 1 is 1.38 bits per heavy atom. The van der Waals surface area contributed by atoms with E-state index in [0.29, 0.717) is 11.4 Å². The van der Waals surface area contributed by atoms with Crippen LogP contribution in [0.5, 0.6) is 5.75 Å². The summed E-state index contributed by atoms with van der Waals surface area (Å²) in [6.45, 7) is 5.74. The first-order valence-electron chi connectivity index (χ1n) is 4.72. The van der Waals surface area contributed by atoms with E-state index in [2.05, 4.69) is 11.6 Å². The normalized spacial score (nSPS) is 10.6. The van der Waals surface area contributed by atoms with Crippen molar-refractivity contribution in [1.82, 2.24) is 4.90 Å². The fraction of sp³-hybridized carbons (Fsp3) is 0.308. The molecule has 0 spiro atoms. The van der Waals surface area contributed by atoms with Crippen LogP contribution in [0, 0.1) is 0 Å². The molecule has 0 unspecified atom stereocenters. The van der Waals surface area contributed by atoms with E-state index in [4.69, 9.17) is 0 Å². The van der Waals surface area contributed by atoms with E-state index in [1.165, 1.54) is 0 Å². The Hall–Kier alpha value is -1.77. The minimum absolute atomic E-state index is 0. The summed E-state index contributed by atoms with van der Waals surface area (Å²) in [4.78, 5) is 6.00. The topological polar surface area (TPSA) is 35.8 Å². The van der Waals surface area contributed by atoms with Gasteiger partial charge in [0.25, 0.3) is 0 Å². The number of amidine groups is 1. The van der Waals surface area contributed by atoms with Gasteiger partial charge < -0.3 is 10.0 Å². The molecular weight excluding hydrogens is 200 g/mol. The second-order valence-corrected chi connectivity index (χ2v) is 3.36. The van der Waals surface area contributed by atoms with E-state index < -0.39 is 0 Å². The van der Waals surface area contributed by atoms with Gasteiger partial charge in [0.15, 0.2) is 0 Å². The summed E-state index contributed by atoms with van der Waals surface area (Å²) < 4.78 is 0. The molecule has 0 amide bonds. The van der Waals surface area contributed by atoms with Gasteiger partial charge in [0.2, 0.25) is 0 Å². The largest absolute Gasteiger partial charge is 0.507 e. The van der Waals surface area contributed by atoms with Gasteiger partial charge in [-0.05, 0) is 19.1 Å². The summed E-state index contributed by atoms with van der Waals surface area (Å²) in [6.07, 6.45) is 0. The summed E-state index contributed by atoms with van der Waals surface area (Å²) >= 11 is 0. The molecule has 0 saturated carbocycles. The highest BCUT2D eigenvalue weighted by molar-refractivity contribution is 6.01. The van der Waals surface area contributed by atoms with Crippen LogP contribution in [0.1, 0.15) is 19.9 Å². The lowest BCUT2D eigenvalue weighted by molar-refractivity contribution is 0.472. The summed E-state index contributed by atoms with van der Waals surface area (Å²) in [5, 5.41) is 9.71. The standard InChI is InChI=1S/C12H16N2O.CH4/c1-9(2)14(4)12(13-3)10-7-5-6-8-11(10)15;/h5-8,15H,1H2,2-4H3;1H4. The molecule has 3 heteroatoms. The lowest BCUT2D eigenvalue weighted by Crippen LogP contribution is -2.25. The molecule has 1 aromatic carbocycles. The zero-order valence-electron chi connectivity index (χ0n) is 9.36. The van der Waals surface area contributed by atoms with Crippen molar-refractivity contribution in [3.63, 3.8) is 0 Å². The van der Waals surface area contributed by atoms with E-state index in [1.54, 1.807) is 19.2 Å². The molecule has 88 valence electrons. The zero-order valence-corrected chi connectivity index (χ0v) is 9.36. The predicted octanol–water partition coefficient (Wildman–Crippen LogP) is 2.87. The maximum atomic E-state index is 9.71. The average Bonchev–Trinajstić information content (AvgIpc) is 2.21. The number of para-hydroxylation sites is 1. The molecule has 0 atom stereocenters. The van der Waals surface area contributed by atoms with Gasteiger partial charge in [-0.25, -0.2) is 0 Å². The number of hydrogen-bond donors (Lipinski definition) is 1. The lowest BCUT2D eigenvalue weighted by atomic mass is 10.1. The molecule has 3 nitrogen and oxygen atoms in total. The molecule has 0 fully saturated rings. The zero-order chi connectivity index (χ0) is 11.4. The van der Waals surface area contributed by atoms with Crippen molar-refractivity contribution in [3.8, 4) is 5.75 Å². The Morgan fingerprint density at radius 3 is 2.38 bits per heavy atom. The maximum Gasteiger partial charge on any atom is 0.138 e. The Bertz CT molecular complexity index is 397. The van der Waals surface area contributed by atoms with Gasteiger partial charge in [-0.3, -0.25) is 4.99 Å². The Labute approximate surface area is 97.8 Å². The number of aromatic hydroxyl groups is 1. The van der Waals surface area contributed by atoms with Crippen LogP contribution in [0.25, 0.3) is 0 Å². The SMILES string of the molecule is C.C=C(C)N(C)C(=NC)c1ccccc1O. The van der Waals surface area contributed by atoms with Crippen LogP contribution >= 0.6 is 0 Å². The van der Waals surface area contributed by atoms with Crippen molar-refractivity contribution >= 4 is 5.84 Å². The Kier molecular flexibility index (Phi) is 5.30. The number of nitrogens with zero attached hydrogens (tertiary/aromatic N) is 2. The molecule has 1 aromatic rings. The monoisotopic (exact) mass is 220 g/mol. The van der Waals surface area contributed by atoms with Gasteiger partial charge in [0.05, 0.1) is 5.56 Å². The lowest BCUT2D eigenvalue weighted by Gasteiger charge is -2.21. The van der Waals surface area contributed by atoms with Gasteiger partial charge in [-0.2, -0.15) is 0 Å². The molecule has 0 aliphatic rings. The van der Waals surface area contributed by atoms with E-state index in [9.17, 15) is 5.11 Å². The molecule has 0 aliphatic carbocycles. The van der Waals surface area contributed by atoms with Crippen LogP contribution in [0.15, 0.2) is 41.5 Å². The Morgan fingerprint density at radius 2 is 1.94 bits per heavy atom. The Balaban J connectivity index is 0.00000225. The second kappa shape index (κ2) is 5.95. The van der Waals surface area contributed by atoms with Crippen molar-refractivity contribution in [2.24, 2.45) is 4.99 Å². The van der Waals surface area contributed by atoms with Gasteiger partial charge in [-0.1, -0.05) is 26.1 Å². The van der Waals surface area contributed by atoms with Gasteiger partial charge in [0, 0.05) is 19.8 Å². The number of phenolic OH excluding ortho intramolecular Hbond substituents is 1. The van der Waals surface area contributed by atoms with Gasteiger partial charge in [0.1, 0.15) is 11.6 Å². The van der Waals surface area contributed by atoms with Crippen LogP contribution in [0.3, 0.4) is 0 Å². The van der Waals surface area contributed by atoms with Gasteiger partial charge >= 0.3 is 0 Å². The summed E-state index contributed by atoms with van der Waals surface area (Å²) in [5.74, 6) is 0.937. The number of phenols is 1. The van der Waals surface area contributed by atoms with Crippen LogP contribution < -0.4 is 0 Å². The predicted molar refractivity (Wildman–Crippen MR) is 69.9 cm³/mol. The summed E-state index contributed by atoms with van der Waals surface area (Å²) in [6, 6.07) is 7.13. The highest BCUT2D eigenvalue weighted by atomic mass is 16.3. The number of rotatable bonds is 2. The van der Waals surface area contributed by atoms with E-state index in [1.807, 2.05) is 31.0 Å². The third-order valence-corrected chi connectivity index (χ3v) is 2.25. The summed E-state index contributed by atoms with van der Waals surface area (Å²) in [7, 11) is 3.57. The smallest absolute Gasteiger partial charge is 0.138 e. The summed E-state index contributed by atoms with van der Waals surface area (Å²) in [5.41, 5.74) is 1.59. The van der Waals surface area contributed by atoms with Crippen molar-refractivity contribution in [2.45, 2.75) is 14.4 Å². The molecule has 16 heavy (non-hydrogen) atoms. The maximum absolute atomic E-state index is 9.71. The minimum Gasteiger partial charge on any atom is -0.507 e. The first-order chi connectivity index (χ1) is 7.07. The quantitative estimate of drug-likeness (QED) is 0.614. The van der Waals surface area contributed by atoms with Crippen molar-refractivity contribution in [2.75, 3.05) is 14.1 Å². The molecular formula is C13H20N2O. The number of allylic oxidation sites excluding steroid dienone is 1. The fourth-order valence-electron chi connectivity index (χ4n) is 1.29. The fourth-order valence-corrected chi connectivity index (χ4v) is 1.29. The van der Waals surface area contributed by atoms with E-state index >= 15 is 0 Å². The van der Waals surface area contributed by atoms with Crippen LogP contribution in [-0.2, 0) is 0 Å². The number of aliphatic imine (C=N–C) groups is 1. The number of benzene rings is 1. The average molecular weight is 220 g/mol. The van der Waals surface area contributed by atoms with Crippen molar-refractivity contribution < 1.29 is 5.11 Å². The first-order valence-corrected chi connectivity index (χ1v) is 4.72. The highest BCUT2D eigenvalue weighted by Gasteiger charge is 2.12. The molecule has 0 radical (unpaired) electrons. The molecule has 0 saturated heterocycles. The van der Waals surface area contributed by atoms with E-state index in [-0.39, 0.29) is 13.2 Å². The second-order valence-electron chi connectivity index (χ2n) is 3.36. The van der Waals surface area contributed by atoms with Crippen LogP contribution in [0.2, 0.25) is 0 Å². The van der Waals surface area contributed by atoms with Crippen LogP contribution in [0.4, 0.5) is 0 Å².